The monoisotopic (exact) mass is 242 g/mol. The molecule has 0 saturated heterocycles. The molecular formula is C14H30OSi. The zero-order chi connectivity index (χ0) is 12.8. The lowest BCUT2D eigenvalue weighted by Gasteiger charge is -2.39. The molecule has 0 aliphatic rings. The number of allylic oxidation sites excluding steroid dienone is 1. The first-order valence-electron chi connectivity index (χ1n) is 6.57. The van der Waals surface area contributed by atoms with Crippen LogP contribution in [0.1, 0.15) is 53.4 Å². The maximum absolute atomic E-state index is 8.98. The molecule has 0 rings (SSSR count). The van der Waals surface area contributed by atoms with Crippen LogP contribution in [0.15, 0.2) is 11.3 Å². The largest absolute Gasteiger partial charge is 0.396 e. The second kappa shape index (κ2) is 6.60. The average molecular weight is 242 g/mol. The summed E-state index contributed by atoms with van der Waals surface area (Å²) in [4.78, 5) is 0. The molecule has 0 bridgehead atoms. The van der Waals surface area contributed by atoms with E-state index >= 15 is 0 Å². The Morgan fingerprint density at radius 3 is 2.19 bits per heavy atom. The lowest BCUT2D eigenvalue weighted by molar-refractivity contribution is 0.302. The highest BCUT2D eigenvalue weighted by molar-refractivity contribution is 6.86. The third-order valence-corrected chi connectivity index (χ3v) is 9.81. The molecule has 0 aromatic carbocycles. The fraction of sp³-hybridized carbons (Fsp3) is 0.857. The molecule has 0 amide bonds. The zero-order valence-corrected chi connectivity index (χ0v) is 13.1. The predicted octanol–water partition coefficient (Wildman–Crippen LogP) is 4.53. The molecule has 96 valence electrons. The van der Waals surface area contributed by atoms with E-state index in [1.165, 1.54) is 19.3 Å². The Morgan fingerprint density at radius 2 is 1.81 bits per heavy atom. The lowest BCUT2D eigenvalue weighted by atomic mass is 10.2. The highest BCUT2D eigenvalue weighted by Gasteiger charge is 2.37. The Morgan fingerprint density at radius 1 is 1.25 bits per heavy atom. The van der Waals surface area contributed by atoms with Crippen molar-refractivity contribution >= 4 is 8.07 Å². The van der Waals surface area contributed by atoms with Crippen molar-refractivity contribution in [3.05, 3.63) is 11.3 Å². The van der Waals surface area contributed by atoms with Gasteiger partial charge in [-0.1, -0.05) is 64.9 Å². The van der Waals surface area contributed by atoms with Gasteiger partial charge in [0.15, 0.2) is 0 Å². The minimum Gasteiger partial charge on any atom is -0.396 e. The van der Waals surface area contributed by atoms with Crippen molar-refractivity contribution in [2.75, 3.05) is 6.61 Å². The molecular weight excluding hydrogens is 212 g/mol. The number of hydrogen-bond donors (Lipinski definition) is 1. The molecule has 0 spiro atoms. The van der Waals surface area contributed by atoms with Gasteiger partial charge in [0, 0.05) is 6.61 Å². The van der Waals surface area contributed by atoms with Gasteiger partial charge in [-0.25, -0.2) is 0 Å². The normalized spacial score (nSPS) is 14.3. The molecule has 0 fully saturated rings. The van der Waals surface area contributed by atoms with Gasteiger partial charge in [-0.2, -0.15) is 0 Å². The SMILES string of the molecule is CCCC/C(=C/CCO)[Si](C)(C)C(C)(C)C. The first-order chi connectivity index (χ1) is 7.27. The highest BCUT2D eigenvalue weighted by atomic mass is 28.3. The van der Waals surface area contributed by atoms with Crippen LogP contribution in [0.2, 0.25) is 18.1 Å². The Hall–Kier alpha value is -0.0831. The maximum Gasteiger partial charge on any atom is 0.0803 e. The molecule has 0 aromatic rings. The van der Waals surface area contributed by atoms with Crippen LogP contribution in [-0.2, 0) is 0 Å². The molecule has 0 radical (unpaired) electrons. The van der Waals surface area contributed by atoms with E-state index in [1.807, 2.05) is 0 Å². The van der Waals surface area contributed by atoms with Gasteiger partial charge in [0.05, 0.1) is 8.07 Å². The second-order valence-electron chi connectivity index (χ2n) is 6.22. The van der Waals surface area contributed by atoms with Crippen LogP contribution in [0, 0.1) is 0 Å². The molecule has 16 heavy (non-hydrogen) atoms. The topological polar surface area (TPSA) is 20.2 Å². The first kappa shape index (κ1) is 15.9. The van der Waals surface area contributed by atoms with Crippen LogP contribution in [0.3, 0.4) is 0 Å². The molecule has 0 saturated carbocycles. The van der Waals surface area contributed by atoms with Crippen molar-refractivity contribution in [1.29, 1.82) is 0 Å². The Kier molecular flexibility index (Phi) is 6.57. The van der Waals surface area contributed by atoms with Crippen molar-refractivity contribution in [1.82, 2.24) is 0 Å². The van der Waals surface area contributed by atoms with E-state index in [4.69, 9.17) is 5.11 Å². The van der Waals surface area contributed by atoms with Crippen LogP contribution in [-0.4, -0.2) is 19.8 Å². The summed E-state index contributed by atoms with van der Waals surface area (Å²) in [5.74, 6) is 0. The van der Waals surface area contributed by atoms with Crippen LogP contribution < -0.4 is 0 Å². The predicted molar refractivity (Wildman–Crippen MR) is 76.5 cm³/mol. The molecule has 1 nitrogen and oxygen atoms in total. The van der Waals surface area contributed by atoms with Crippen LogP contribution >= 0.6 is 0 Å². The molecule has 0 aliphatic carbocycles. The summed E-state index contributed by atoms with van der Waals surface area (Å²) in [5, 5.41) is 11.0. The molecule has 0 heterocycles. The van der Waals surface area contributed by atoms with Crippen molar-refractivity contribution in [3.63, 3.8) is 0 Å². The lowest BCUT2D eigenvalue weighted by Crippen LogP contribution is -2.39. The van der Waals surface area contributed by atoms with E-state index in [-0.39, 0.29) is 6.61 Å². The maximum atomic E-state index is 8.98. The zero-order valence-electron chi connectivity index (χ0n) is 12.1. The Balaban J connectivity index is 4.87. The molecule has 1 N–H and O–H groups in total. The standard InChI is InChI=1S/C14H30OSi/c1-7-8-10-13(11-9-12-15)16(5,6)14(2,3)4/h11,15H,7-10,12H2,1-6H3/b13-11-. The van der Waals surface area contributed by atoms with Gasteiger partial charge in [0.25, 0.3) is 0 Å². The summed E-state index contributed by atoms with van der Waals surface area (Å²) in [6, 6.07) is 0. The molecule has 0 aromatic heterocycles. The van der Waals surface area contributed by atoms with E-state index < -0.39 is 8.07 Å². The smallest absolute Gasteiger partial charge is 0.0803 e. The minimum atomic E-state index is -1.36. The van der Waals surface area contributed by atoms with E-state index in [9.17, 15) is 0 Å². The van der Waals surface area contributed by atoms with E-state index in [2.05, 4.69) is 46.9 Å². The van der Waals surface area contributed by atoms with E-state index in [0.29, 0.717) is 5.04 Å². The van der Waals surface area contributed by atoms with Gasteiger partial charge in [-0.15, -0.1) is 0 Å². The van der Waals surface area contributed by atoms with Gasteiger partial charge in [0.2, 0.25) is 0 Å². The first-order valence-corrected chi connectivity index (χ1v) is 9.57. The van der Waals surface area contributed by atoms with Gasteiger partial charge < -0.3 is 5.11 Å². The van der Waals surface area contributed by atoms with Crippen LogP contribution in [0.5, 0.6) is 0 Å². The quantitative estimate of drug-likeness (QED) is 0.678. The summed E-state index contributed by atoms with van der Waals surface area (Å²) in [6.07, 6.45) is 6.90. The minimum absolute atomic E-state index is 0.282. The van der Waals surface area contributed by atoms with Gasteiger partial charge in [-0.3, -0.25) is 0 Å². The number of hydrogen-bond acceptors (Lipinski definition) is 1. The number of rotatable bonds is 6. The van der Waals surface area contributed by atoms with Crippen molar-refractivity contribution in [3.8, 4) is 0 Å². The van der Waals surface area contributed by atoms with E-state index in [1.54, 1.807) is 5.20 Å². The molecule has 0 unspecified atom stereocenters. The summed E-state index contributed by atoms with van der Waals surface area (Å²) in [6.45, 7) is 14.5. The van der Waals surface area contributed by atoms with Crippen molar-refractivity contribution in [2.45, 2.75) is 71.5 Å². The van der Waals surface area contributed by atoms with Gasteiger partial charge in [-0.05, 0) is 17.9 Å². The molecule has 0 atom stereocenters. The average Bonchev–Trinajstić information content (AvgIpc) is 2.16. The summed E-state index contributed by atoms with van der Waals surface area (Å²) < 4.78 is 0. The third-order valence-electron chi connectivity index (χ3n) is 4.00. The molecule has 0 aliphatic heterocycles. The Labute approximate surface area is 103 Å². The summed E-state index contributed by atoms with van der Waals surface area (Å²) in [7, 11) is -1.36. The van der Waals surface area contributed by atoms with Crippen molar-refractivity contribution in [2.24, 2.45) is 0 Å². The van der Waals surface area contributed by atoms with Crippen molar-refractivity contribution < 1.29 is 5.11 Å². The summed E-state index contributed by atoms with van der Waals surface area (Å²) in [5.41, 5.74) is 0. The molecule has 2 heteroatoms. The fourth-order valence-corrected chi connectivity index (χ4v) is 4.18. The fourth-order valence-electron chi connectivity index (χ4n) is 1.76. The van der Waals surface area contributed by atoms with Crippen LogP contribution in [0.25, 0.3) is 0 Å². The Bertz CT molecular complexity index is 223. The highest BCUT2D eigenvalue weighted by Crippen LogP contribution is 2.42. The number of aliphatic hydroxyl groups excluding tert-OH is 1. The van der Waals surface area contributed by atoms with Gasteiger partial charge >= 0.3 is 0 Å². The summed E-state index contributed by atoms with van der Waals surface area (Å²) >= 11 is 0. The van der Waals surface area contributed by atoms with Gasteiger partial charge in [0.1, 0.15) is 0 Å². The third kappa shape index (κ3) is 4.42. The van der Waals surface area contributed by atoms with E-state index in [0.717, 1.165) is 6.42 Å². The van der Waals surface area contributed by atoms with Crippen LogP contribution in [0.4, 0.5) is 0 Å². The number of unbranched alkanes of at least 4 members (excludes halogenated alkanes) is 1. The number of aliphatic hydroxyl groups is 1. The second-order valence-corrected chi connectivity index (χ2v) is 11.6.